The lowest BCUT2D eigenvalue weighted by Crippen LogP contribution is -2.42. The van der Waals surface area contributed by atoms with Gasteiger partial charge < -0.3 is 9.80 Å². The molecule has 5 heteroatoms. The van der Waals surface area contributed by atoms with Gasteiger partial charge in [0.1, 0.15) is 0 Å². The van der Waals surface area contributed by atoms with Crippen molar-refractivity contribution in [2.75, 3.05) is 38.0 Å². The van der Waals surface area contributed by atoms with Crippen LogP contribution in [0.3, 0.4) is 0 Å². The van der Waals surface area contributed by atoms with Gasteiger partial charge in [-0.1, -0.05) is 20.8 Å². The van der Waals surface area contributed by atoms with E-state index in [1.807, 2.05) is 22.4 Å². The number of nitrogens with one attached hydrogen (secondary N) is 1. The van der Waals surface area contributed by atoms with Crippen molar-refractivity contribution in [1.82, 2.24) is 9.80 Å². The van der Waals surface area contributed by atoms with Gasteiger partial charge in [-0.2, -0.15) is 0 Å². The highest BCUT2D eigenvalue weighted by atomic mass is 32.1. The Morgan fingerprint density at radius 3 is 2.54 bits per heavy atom. The second kappa shape index (κ2) is 7.44. The average molecular weight is 350 g/mol. The van der Waals surface area contributed by atoms with Crippen LogP contribution in [0.4, 0.5) is 9.80 Å². The maximum atomic E-state index is 12.3. The van der Waals surface area contributed by atoms with Gasteiger partial charge in [0.15, 0.2) is 0 Å². The molecule has 1 aromatic rings. The molecule has 0 unspecified atom stereocenters. The SMILES string of the molecule is CC(C)(C)CN1CC[C@H](C2CCN(C(=O)Nc3cccs3)CC2)C1. The van der Waals surface area contributed by atoms with Crippen LogP contribution in [-0.4, -0.2) is 48.6 Å². The number of carbonyl (C=O) groups is 1. The molecule has 1 atom stereocenters. The Labute approximate surface area is 150 Å². The average Bonchev–Trinajstić information content (AvgIpc) is 3.17. The summed E-state index contributed by atoms with van der Waals surface area (Å²) in [4.78, 5) is 16.9. The first kappa shape index (κ1) is 17.7. The summed E-state index contributed by atoms with van der Waals surface area (Å²) >= 11 is 1.58. The molecule has 2 saturated heterocycles. The molecule has 3 heterocycles. The van der Waals surface area contributed by atoms with Crippen molar-refractivity contribution in [2.45, 2.75) is 40.0 Å². The molecular weight excluding hydrogens is 318 g/mol. The maximum Gasteiger partial charge on any atom is 0.322 e. The topological polar surface area (TPSA) is 35.6 Å². The summed E-state index contributed by atoms with van der Waals surface area (Å²) in [6.07, 6.45) is 3.65. The van der Waals surface area contributed by atoms with E-state index < -0.39 is 0 Å². The van der Waals surface area contributed by atoms with Gasteiger partial charge in [-0.05, 0) is 60.6 Å². The number of amides is 2. The first-order valence-electron chi connectivity index (χ1n) is 9.22. The molecule has 0 bridgehead atoms. The van der Waals surface area contributed by atoms with Crippen LogP contribution < -0.4 is 5.32 Å². The standard InChI is InChI=1S/C19H31N3OS/c1-19(2,3)14-21-9-6-16(13-21)15-7-10-22(11-8-15)18(23)20-17-5-4-12-24-17/h4-5,12,15-16H,6-11,13-14H2,1-3H3,(H,20,23)/t16-/m0/s1. The Hall–Kier alpha value is -1.07. The second-order valence-corrected chi connectivity index (χ2v) is 9.52. The van der Waals surface area contributed by atoms with Crippen LogP contribution in [0.25, 0.3) is 0 Å². The maximum absolute atomic E-state index is 12.3. The quantitative estimate of drug-likeness (QED) is 0.880. The molecule has 0 aromatic carbocycles. The molecule has 0 radical (unpaired) electrons. The fraction of sp³-hybridized carbons (Fsp3) is 0.737. The van der Waals surface area contributed by atoms with Crippen LogP contribution in [0.2, 0.25) is 0 Å². The number of thiophene rings is 1. The molecule has 2 aliphatic heterocycles. The van der Waals surface area contributed by atoms with Gasteiger partial charge in [0.25, 0.3) is 0 Å². The molecule has 2 amide bonds. The summed E-state index contributed by atoms with van der Waals surface area (Å²) in [5, 5.41) is 5.94. The van der Waals surface area contributed by atoms with Crippen LogP contribution in [0.1, 0.15) is 40.0 Å². The van der Waals surface area contributed by atoms with Gasteiger partial charge in [0.2, 0.25) is 0 Å². The van der Waals surface area contributed by atoms with Gasteiger partial charge in [-0.25, -0.2) is 4.79 Å². The zero-order valence-electron chi connectivity index (χ0n) is 15.3. The van der Waals surface area contributed by atoms with Crippen LogP contribution in [-0.2, 0) is 0 Å². The number of piperidine rings is 1. The first-order chi connectivity index (χ1) is 11.4. The molecule has 0 saturated carbocycles. The highest BCUT2D eigenvalue weighted by molar-refractivity contribution is 7.14. The summed E-state index contributed by atoms with van der Waals surface area (Å²) in [5.41, 5.74) is 0.387. The third-order valence-electron chi connectivity index (χ3n) is 5.25. The number of urea groups is 1. The van der Waals surface area contributed by atoms with E-state index in [2.05, 4.69) is 31.0 Å². The van der Waals surface area contributed by atoms with Crippen molar-refractivity contribution < 1.29 is 4.79 Å². The summed E-state index contributed by atoms with van der Waals surface area (Å²) in [6, 6.07) is 3.99. The summed E-state index contributed by atoms with van der Waals surface area (Å²) in [5.74, 6) is 1.62. The van der Waals surface area contributed by atoms with E-state index in [1.54, 1.807) is 11.3 Å². The number of hydrogen-bond donors (Lipinski definition) is 1. The van der Waals surface area contributed by atoms with Gasteiger partial charge in [0, 0.05) is 26.2 Å². The highest BCUT2D eigenvalue weighted by Crippen LogP contribution is 2.33. The second-order valence-electron chi connectivity index (χ2n) is 8.58. The minimum atomic E-state index is 0.0664. The Balaban J connectivity index is 1.43. The van der Waals surface area contributed by atoms with E-state index in [0.29, 0.717) is 5.41 Å². The van der Waals surface area contributed by atoms with E-state index in [0.717, 1.165) is 42.8 Å². The molecule has 2 fully saturated rings. The Morgan fingerprint density at radius 1 is 1.21 bits per heavy atom. The summed E-state index contributed by atoms with van der Waals surface area (Å²) < 4.78 is 0. The van der Waals surface area contributed by atoms with E-state index in [4.69, 9.17) is 0 Å². The third kappa shape index (κ3) is 4.73. The van der Waals surface area contributed by atoms with Crippen LogP contribution in [0.15, 0.2) is 17.5 Å². The number of carbonyl (C=O) groups excluding carboxylic acids is 1. The number of anilines is 1. The largest absolute Gasteiger partial charge is 0.324 e. The summed E-state index contributed by atoms with van der Waals surface area (Å²) in [7, 11) is 0. The number of rotatable bonds is 3. The summed E-state index contributed by atoms with van der Waals surface area (Å²) in [6.45, 7) is 12.5. The molecule has 24 heavy (non-hydrogen) atoms. The lowest BCUT2D eigenvalue weighted by Gasteiger charge is -2.35. The molecule has 1 N–H and O–H groups in total. The molecule has 3 rings (SSSR count). The van der Waals surface area contributed by atoms with Crippen LogP contribution >= 0.6 is 11.3 Å². The van der Waals surface area contributed by atoms with E-state index in [-0.39, 0.29) is 6.03 Å². The number of nitrogens with zero attached hydrogens (tertiary/aromatic N) is 2. The molecular formula is C19H31N3OS. The van der Waals surface area contributed by atoms with Crippen molar-refractivity contribution in [2.24, 2.45) is 17.3 Å². The fourth-order valence-corrected chi connectivity index (χ4v) is 4.78. The first-order valence-corrected chi connectivity index (χ1v) is 10.1. The van der Waals surface area contributed by atoms with E-state index >= 15 is 0 Å². The number of hydrogen-bond acceptors (Lipinski definition) is 3. The zero-order valence-corrected chi connectivity index (χ0v) is 16.1. The fourth-order valence-electron chi connectivity index (χ4n) is 4.17. The van der Waals surface area contributed by atoms with Crippen molar-refractivity contribution >= 4 is 22.4 Å². The monoisotopic (exact) mass is 349 g/mol. The third-order valence-corrected chi connectivity index (χ3v) is 6.04. The normalized spacial score (nSPS) is 23.6. The van der Waals surface area contributed by atoms with Crippen molar-refractivity contribution in [3.05, 3.63) is 17.5 Å². The smallest absolute Gasteiger partial charge is 0.322 e. The van der Waals surface area contributed by atoms with Crippen molar-refractivity contribution in [1.29, 1.82) is 0 Å². The van der Waals surface area contributed by atoms with Gasteiger partial charge >= 0.3 is 6.03 Å². The molecule has 134 valence electrons. The lowest BCUT2D eigenvalue weighted by molar-refractivity contribution is 0.153. The Kier molecular flexibility index (Phi) is 5.50. The van der Waals surface area contributed by atoms with Crippen LogP contribution in [0, 0.1) is 17.3 Å². The molecule has 2 aliphatic rings. The Morgan fingerprint density at radius 2 is 1.92 bits per heavy atom. The molecule has 1 aromatic heterocycles. The lowest BCUT2D eigenvalue weighted by atomic mass is 9.84. The van der Waals surface area contributed by atoms with Crippen LogP contribution in [0.5, 0.6) is 0 Å². The number of likely N-dealkylation sites (tertiary alicyclic amines) is 2. The minimum absolute atomic E-state index is 0.0664. The molecule has 4 nitrogen and oxygen atoms in total. The zero-order chi connectivity index (χ0) is 17.2. The molecule has 0 spiro atoms. The minimum Gasteiger partial charge on any atom is -0.324 e. The Bertz CT molecular complexity index is 529. The van der Waals surface area contributed by atoms with Gasteiger partial charge in [-0.15, -0.1) is 11.3 Å². The van der Waals surface area contributed by atoms with E-state index in [1.165, 1.54) is 26.1 Å². The predicted octanol–water partition coefficient (Wildman–Crippen LogP) is 4.36. The van der Waals surface area contributed by atoms with Crippen molar-refractivity contribution in [3.8, 4) is 0 Å². The van der Waals surface area contributed by atoms with Gasteiger partial charge in [0.05, 0.1) is 5.00 Å². The molecule has 0 aliphatic carbocycles. The van der Waals surface area contributed by atoms with Gasteiger partial charge in [-0.3, -0.25) is 5.32 Å². The van der Waals surface area contributed by atoms with Crippen molar-refractivity contribution in [3.63, 3.8) is 0 Å². The predicted molar refractivity (Wildman–Crippen MR) is 102 cm³/mol. The highest BCUT2D eigenvalue weighted by Gasteiger charge is 2.33. The van der Waals surface area contributed by atoms with E-state index in [9.17, 15) is 4.79 Å².